The van der Waals surface area contributed by atoms with Gasteiger partial charge in [0.15, 0.2) is 0 Å². The summed E-state index contributed by atoms with van der Waals surface area (Å²) >= 11 is 13.7. The summed E-state index contributed by atoms with van der Waals surface area (Å²) in [6.07, 6.45) is 0. The number of nitrogens with zero attached hydrogens (tertiary/aromatic N) is 2. The van der Waals surface area contributed by atoms with Gasteiger partial charge in [-0.1, -0.05) is 30.1 Å². The van der Waals surface area contributed by atoms with Crippen LogP contribution in [-0.4, -0.2) is 28.8 Å². The molecule has 0 saturated heterocycles. The van der Waals surface area contributed by atoms with Crippen LogP contribution in [0.3, 0.4) is 0 Å². The van der Waals surface area contributed by atoms with Crippen molar-refractivity contribution < 1.29 is 14.3 Å². The van der Waals surface area contributed by atoms with Crippen LogP contribution in [0.5, 0.6) is 0 Å². The third kappa shape index (κ3) is 3.87. The summed E-state index contributed by atoms with van der Waals surface area (Å²) in [5, 5.41) is 8.99. The Morgan fingerprint density at radius 1 is 1.29 bits per heavy atom. The van der Waals surface area contributed by atoms with Gasteiger partial charge < -0.3 is 10.1 Å². The minimum absolute atomic E-state index is 0.140. The number of methoxy groups -OCH3 is 1. The van der Waals surface area contributed by atoms with Crippen LogP contribution in [0.1, 0.15) is 28.0 Å². The first-order valence-electron chi connectivity index (χ1n) is 8.53. The van der Waals surface area contributed by atoms with Crippen LogP contribution >= 0.6 is 34.5 Å². The van der Waals surface area contributed by atoms with Crippen molar-refractivity contribution in [3.63, 3.8) is 0 Å². The molecule has 0 aliphatic rings. The summed E-state index contributed by atoms with van der Waals surface area (Å²) in [5.74, 6) is -0.935. The molecule has 0 fully saturated rings. The first-order chi connectivity index (χ1) is 13.2. The first kappa shape index (κ1) is 20.6. The minimum atomic E-state index is -0.478. The average molecular weight is 440 g/mol. The Kier molecular flexibility index (Phi) is 5.98. The van der Waals surface area contributed by atoms with Gasteiger partial charge in [0.2, 0.25) is 5.91 Å². The van der Waals surface area contributed by atoms with E-state index >= 15 is 0 Å². The van der Waals surface area contributed by atoms with Crippen molar-refractivity contribution in [1.29, 1.82) is 0 Å². The number of rotatable bonds is 5. The molecule has 1 unspecified atom stereocenters. The lowest BCUT2D eigenvalue weighted by atomic mass is 10.1. The van der Waals surface area contributed by atoms with E-state index in [0.29, 0.717) is 27.2 Å². The van der Waals surface area contributed by atoms with Crippen LogP contribution in [-0.2, 0) is 16.1 Å². The summed E-state index contributed by atoms with van der Waals surface area (Å²) in [5.41, 5.74) is 2.21. The van der Waals surface area contributed by atoms with Crippen molar-refractivity contribution in [2.75, 3.05) is 12.4 Å². The molecule has 1 amide bonds. The molecule has 0 saturated carbocycles. The van der Waals surface area contributed by atoms with Gasteiger partial charge in [-0.15, -0.1) is 11.3 Å². The predicted octanol–water partition coefficient (Wildman–Crippen LogP) is 5.08. The average Bonchev–Trinajstić information content (AvgIpc) is 3.12. The van der Waals surface area contributed by atoms with Gasteiger partial charge in [0.05, 0.1) is 41.0 Å². The second-order valence-electron chi connectivity index (χ2n) is 6.50. The fourth-order valence-corrected chi connectivity index (χ4v) is 4.43. The number of ether oxygens (including phenoxy) is 1. The van der Waals surface area contributed by atoms with Crippen molar-refractivity contribution >= 4 is 62.2 Å². The van der Waals surface area contributed by atoms with Crippen LogP contribution < -0.4 is 5.32 Å². The van der Waals surface area contributed by atoms with Crippen LogP contribution in [0.2, 0.25) is 10.0 Å². The number of aromatic nitrogens is 2. The molecule has 0 aliphatic heterocycles. The number of halogens is 2. The molecule has 3 rings (SSSR count). The molecule has 0 bridgehead atoms. The van der Waals surface area contributed by atoms with Crippen molar-refractivity contribution in [2.45, 2.75) is 27.3 Å². The molecular formula is C19H19Cl2N3O3S. The number of fused-ring (bicyclic) bond motifs is 1. The van der Waals surface area contributed by atoms with E-state index in [9.17, 15) is 9.59 Å². The molecule has 148 valence electrons. The number of carbonyl (C=O) groups excluding carboxylic acids is 2. The number of carbonyl (C=O) groups is 2. The number of aryl methyl sites for hydroxylation is 1. The normalized spacial score (nSPS) is 12.2. The second-order valence-corrected chi connectivity index (χ2v) is 8.31. The zero-order chi connectivity index (χ0) is 20.6. The van der Waals surface area contributed by atoms with E-state index in [-0.39, 0.29) is 11.8 Å². The number of hydrogen-bond acceptors (Lipinski definition) is 5. The molecule has 9 heteroatoms. The number of amides is 1. The highest BCUT2D eigenvalue weighted by atomic mass is 35.5. The van der Waals surface area contributed by atoms with E-state index in [0.717, 1.165) is 21.5 Å². The molecule has 2 heterocycles. The van der Waals surface area contributed by atoms with Gasteiger partial charge in [-0.3, -0.25) is 9.48 Å². The van der Waals surface area contributed by atoms with Crippen molar-refractivity contribution in [2.24, 2.45) is 5.92 Å². The van der Waals surface area contributed by atoms with Crippen LogP contribution in [0, 0.1) is 19.8 Å². The van der Waals surface area contributed by atoms with Crippen molar-refractivity contribution in [1.82, 2.24) is 9.78 Å². The Morgan fingerprint density at radius 3 is 2.61 bits per heavy atom. The Morgan fingerprint density at radius 2 is 2.00 bits per heavy atom. The van der Waals surface area contributed by atoms with Crippen molar-refractivity contribution in [3.05, 3.63) is 44.5 Å². The third-order valence-corrected chi connectivity index (χ3v) is 6.64. The van der Waals surface area contributed by atoms with E-state index < -0.39 is 5.97 Å². The number of anilines is 1. The fraction of sp³-hybridized carbons (Fsp3) is 0.316. The maximum Gasteiger partial charge on any atom is 0.349 e. The molecule has 1 N–H and O–H groups in total. The molecular weight excluding hydrogens is 421 g/mol. The Balaban J connectivity index is 1.76. The number of esters is 1. The monoisotopic (exact) mass is 439 g/mol. The highest BCUT2D eigenvalue weighted by molar-refractivity contribution is 7.21. The van der Waals surface area contributed by atoms with E-state index in [2.05, 4.69) is 10.4 Å². The van der Waals surface area contributed by atoms with Crippen LogP contribution in [0.4, 0.5) is 5.69 Å². The van der Waals surface area contributed by atoms with Crippen molar-refractivity contribution in [3.8, 4) is 0 Å². The zero-order valence-corrected chi connectivity index (χ0v) is 18.1. The maximum absolute atomic E-state index is 12.6. The quantitative estimate of drug-likeness (QED) is 0.562. The standard InChI is InChI=1S/C19H19Cl2N3O3S/c1-9(8-24-11(3)15(20)10(2)23-24)18(25)22-12-5-6-13-14(7-12)28-17(16(13)21)19(26)27-4/h5-7,9H,8H2,1-4H3,(H,22,25). The zero-order valence-electron chi connectivity index (χ0n) is 15.8. The molecule has 6 nitrogen and oxygen atoms in total. The Bertz CT molecular complexity index is 1070. The SMILES string of the molecule is COC(=O)c1sc2cc(NC(=O)C(C)Cn3nc(C)c(Cl)c3C)ccc2c1Cl. The number of benzene rings is 1. The van der Waals surface area contributed by atoms with Gasteiger partial charge in [0.25, 0.3) is 0 Å². The Hall–Kier alpha value is -2.09. The van der Waals surface area contributed by atoms with E-state index in [1.165, 1.54) is 18.4 Å². The topological polar surface area (TPSA) is 73.2 Å². The number of nitrogens with one attached hydrogen (secondary N) is 1. The first-order valence-corrected chi connectivity index (χ1v) is 10.1. The van der Waals surface area contributed by atoms with Gasteiger partial charge >= 0.3 is 5.97 Å². The minimum Gasteiger partial charge on any atom is -0.465 e. The summed E-state index contributed by atoms with van der Waals surface area (Å²) < 4.78 is 7.28. The van der Waals surface area contributed by atoms with E-state index in [4.69, 9.17) is 27.9 Å². The van der Waals surface area contributed by atoms with Crippen LogP contribution in [0.25, 0.3) is 10.1 Å². The molecule has 0 spiro atoms. The molecule has 0 radical (unpaired) electrons. The lowest BCUT2D eigenvalue weighted by Crippen LogP contribution is -2.25. The number of hydrogen-bond donors (Lipinski definition) is 1. The highest BCUT2D eigenvalue weighted by Crippen LogP contribution is 2.37. The smallest absolute Gasteiger partial charge is 0.349 e. The Labute approximate surface area is 176 Å². The van der Waals surface area contributed by atoms with Gasteiger partial charge in [-0.25, -0.2) is 4.79 Å². The molecule has 28 heavy (non-hydrogen) atoms. The van der Waals surface area contributed by atoms with Gasteiger partial charge in [0.1, 0.15) is 4.88 Å². The lowest BCUT2D eigenvalue weighted by Gasteiger charge is -2.13. The van der Waals surface area contributed by atoms with E-state index in [1.807, 2.05) is 20.8 Å². The highest BCUT2D eigenvalue weighted by Gasteiger charge is 2.20. The lowest BCUT2D eigenvalue weighted by molar-refractivity contribution is -0.119. The molecule has 1 aromatic carbocycles. The molecule has 2 aromatic heterocycles. The summed E-state index contributed by atoms with van der Waals surface area (Å²) in [7, 11) is 1.31. The van der Waals surface area contributed by atoms with E-state index in [1.54, 1.807) is 22.9 Å². The summed E-state index contributed by atoms with van der Waals surface area (Å²) in [6.45, 7) is 5.96. The summed E-state index contributed by atoms with van der Waals surface area (Å²) in [6, 6.07) is 5.33. The second kappa shape index (κ2) is 8.11. The fourth-order valence-electron chi connectivity index (χ4n) is 2.83. The predicted molar refractivity (Wildman–Crippen MR) is 113 cm³/mol. The number of thiophene rings is 1. The van der Waals surface area contributed by atoms with Gasteiger partial charge in [-0.05, 0) is 32.0 Å². The largest absolute Gasteiger partial charge is 0.465 e. The third-order valence-electron chi connectivity index (χ3n) is 4.46. The molecule has 0 aliphatic carbocycles. The van der Waals surface area contributed by atoms with Gasteiger partial charge in [0, 0.05) is 15.8 Å². The maximum atomic E-state index is 12.6. The molecule has 1 atom stereocenters. The van der Waals surface area contributed by atoms with Crippen LogP contribution in [0.15, 0.2) is 18.2 Å². The van der Waals surface area contributed by atoms with Gasteiger partial charge in [-0.2, -0.15) is 5.10 Å². The molecule has 3 aromatic rings. The summed E-state index contributed by atoms with van der Waals surface area (Å²) in [4.78, 5) is 24.7.